The van der Waals surface area contributed by atoms with Crippen LogP contribution in [-0.4, -0.2) is 38.4 Å². The maximum Gasteiger partial charge on any atom is 0.247 e. The van der Waals surface area contributed by atoms with Crippen LogP contribution in [0.5, 0.6) is 0 Å². The van der Waals surface area contributed by atoms with Crippen LogP contribution in [0.1, 0.15) is 0 Å². The minimum absolute atomic E-state index is 0. The number of hydrogen-bond donors (Lipinski definition) is 1. The van der Waals surface area contributed by atoms with Gasteiger partial charge in [0.2, 0.25) is 11.6 Å². The van der Waals surface area contributed by atoms with Crippen molar-refractivity contribution < 1.29 is 19.3 Å². The summed E-state index contributed by atoms with van der Waals surface area (Å²) in [4.78, 5) is 10.8. The average Bonchev–Trinajstić information content (AvgIpc) is 2.13. The van der Waals surface area contributed by atoms with Gasteiger partial charge in [0.15, 0.2) is 0 Å². The summed E-state index contributed by atoms with van der Waals surface area (Å²) in [5.74, 6) is 0.193. The molecule has 0 aromatic heterocycles. The van der Waals surface area contributed by atoms with E-state index in [1.807, 2.05) is 0 Å². The van der Waals surface area contributed by atoms with E-state index >= 15 is 0 Å². The molecule has 0 aliphatic rings. The zero-order chi connectivity index (χ0) is 9.61. The van der Waals surface area contributed by atoms with E-state index in [0.29, 0.717) is 0 Å². The normalized spacial score (nSPS) is 10.4. The molecule has 0 unspecified atom stereocenters. The van der Waals surface area contributed by atoms with Crippen LogP contribution in [-0.2, 0) is 25.6 Å². The predicted octanol–water partition coefficient (Wildman–Crippen LogP) is 0.158. The Morgan fingerprint density at radius 2 is 2.00 bits per heavy atom. The van der Waals surface area contributed by atoms with E-state index in [0.717, 1.165) is 0 Å². The van der Waals surface area contributed by atoms with Crippen LogP contribution < -0.4 is 5.32 Å². The van der Waals surface area contributed by atoms with E-state index in [1.165, 1.54) is 25.6 Å². The number of carbonyl (C=O) groups is 1. The molecule has 0 fully saturated rings. The lowest BCUT2D eigenvalue weighted by Gasteiger charge is -2.15. The first kappa shape index (κ1) is 15.8. The van der Waals surface area contributed by atoms with Crippen LogP contribution in [0.25, 0.3) is 0 Å². The van der Waals surface area contributed by atoms with Crippen LogP contribution in [0.3, 0.4) is 0 Å². The molecule has 80 valence electrons. The summed E-state index contributed by atoms with van der Waals surface area (Å²) in [5, 5.41) is 2.49. The molecule has 0 saturated heterocycles. The summed E-state index contributed by atoms with van der Waals surface area (Å²) in [7, 11) is 4.55. The molecule has 0 aromatic carbocycles. The highest BCUT2D eigenvalue weighted by atomic mass is 32.9. The molecule has 8 heteroatoms. The van der Waals surface area contributed by atoms with Gasteiger partial charge in [-0.1, -0.05) is 11.4 Å². The van der Waals surface area contributed by atoms with Gasteiger partial charge < -0.3 is 19.8 Å². The van der Waals surface area contributed by atoms with Crippen LogP contribution in [0, 0.1) is 0 Å². The number of hydrogen-bond acceptors (Lipinski definition) is 5. The molecule has 0 aliphatic carbocycles. The van der Waals surface area contributed by atoms with E-state index in [2.05, 4.69) is 5.32 Å². The lowest BCUT2D eigenvalue weighted by Crippen LogP contribution is -2.19. The summed E-state index contributed by atoms with van der Waals surface area (Å²) in [6, 6.07) is 0. The van der Waals surface area contributed by atoms with Crippen molar-refractivity contribution in [3.63, 3.8) is 0 Å². The van der Waals surface area contributed by atoms with E-state index in [4.69, 9.17) is 20.9 Å². The highest BCUT2D eigenvalue weighted by molar-refractivity contribution is 8.68. The standard InChI is InChI=1S/C5H12NO3PS2.H2O/c1-6-5(7)4-12-10(11,8-2)9-3;/h4H2,1-3H3,(H,6,7);1H2. The summed E-state index contributed by atoms with van der Waals surface area (Å²) >= 11 is 6.25. The lowest BCUT2D eigenvalue weighted by molar-refractivity contribution is -0.118. The Labute approximate surface area is 86.8 Å². The molecule has 13 heavy (non-hydrogen) atoms. The molecule has 0 rings (SSSR count). The second-order valence-electron chi connectivity index (χ2n) is 1.76. The number of carbonyl (C=O) groups excluding carboxylic acids is 1. The minimum Gasteiger partial charge on any atom is -0.412 e. The smallest absolute Gasteiger partial charge is 0.247 e. The maximum atomic E-state index is 10.8. The molecule has 0 heterocycles. The van der Waals surface area contributed by atoms with Gasteiger partial charge in [0, 0.05) is 21.3 Å². The third kappa shape index (κ3) is 6.42. The first-order chi connectivity index (χ1) is 5.58. The Morgan fingerprint density at radius 3 is 2.31 bits per heavy atom. The van der Waals surface area contributed by atoms with E-state index in [9.17, 15) is 4.79 Å². The molecule has 0 aromatic rings. The van der Waals surface area contributed by atoms with Gasteiger partial charge >= 0.3 is 0 Å². The fourth-order valence-corrected chi connectivity index (χ4v) is 3.10. The molecule has 3 N–H and O–H groups in total. The highest BCUT2D eigenvalue weighted by Gasteiger charge is 2.17. The van der Waals surface area contributed by atoms with Crippen LogP contribution in [0.4, 0.5) is 0 Å². The van der Waals surface area contributed by atoms with Crippen LogP contribution in [0.15, 0.2) is 0 Å². The summed E-state index contributed by atoms with van der Waals surface area (Å²) < 4.78 is 9.94. The van der Waals surface area contributed by atoms with Crippen molar-refractivity contribution in [2.24, 2.45) is 0 Å². The first-order valence-corrected chi connectivity index (χ1v) is 7.37. The predicted molar refractivity (Wildman–Crippen MR) is 58.4 cm³/mol. The second-order valence-corrected chi connectivity index (χ2v) is 8.28. The fourth-order valence-electron chi connectivity index (χ4n) is 0.390. The molecule has 1 amide bonds. The third-order valence-corrected chi connectivity index (χ3v) is 6.76. The Morgan fingerprint density at radius 1 is 1.54 bits per heavy atom. The summed E-state index contributed by atoms with van der Waals surface area (Å²) in [6.45, 7) is 0. The van der Waals surface area contributed by atoms with Gasteiger partial charge in [-0.15, -0.1) is 0 Å². The van der Waals surface area contributed by atoms with Crippen LogP contribution in [0.2, 0.25) is 0 Å². The molecule has 0 atom stereocenters. The zero-order valence-corrected chi connectivity index (χ0v) is 10.2. The topological polar surface area (TPSA) is 79.1 Å². The number of amides is 1. The zero-order valence-electron chi connectivity index (χ0n) is 7.70. The van der Waals surface area contributed by atoms with Gasteiger partial charge in [-0.2, -0.15) is 0 Å². The van der Waals surface area contributed by atoms with Gasteiger partial charge in [0.25, 0.3) is 0 Å². The Hall–Kier alpha value is 0.350. The van der Waals surface area contributed by atoms with Crippen molar-refractivity contribution in [1.82, 2.24) is 5.32 Å². The maximum absolute atomic E-state index is 10.8. The molecule has 0 saturated carbocycles. The van der Waals surface area contributed by atoms with Crippen molar-refractivity contribution in [3.05, 3.63) is 0 Å². The van der Waals surface area contributed by atoms with Gasteiger partial charge in [-0.05, 0) is 11.8 Å². The van der Waals surface area contributed by atoms with Gasteiger partial charge in [-0.3, -0.25) is 4.79 Å². The summed E-state index contributed by atoms with van der Waals surface area (Å²) in [6.07, 6.45) is 0. The molecule has 5 nitrogen and oxygen atoms in total. The fraction of sp³-hybridized carbons (Fsp3) is 0.800. The second kappa shape index (κ2) is 7.73. The Balaban J connectivity index is 0. The minimum atomic E-state index is -2.26. The van der Waals surface area contributed by atoms with Crippen LogP contribution >= 0.6 is 17.1 Å². The molecule has 0 bridgehead atoms. The van der Waals surface area contributed by atoms with Crippen molar-refractivity contribution in [1.29, 1.82) is 0 Å². The number of rotatable bonds is 5. The quantitative estimate of drug-likeness (QED) is 0.700. The molecule has 0 spiro atoms. The van der Waals surface area contributed by atoms with Crippen molar-refractivity contribution in [2.45, 2.75) is 0 Å². The average molecular weight is 247 g/mol. The van der Waals surface area contributed by atoms with Gasteiger partial charge in [0.05, 0.1) is 5.75 Å². The Bertz CT molecular complexity index is 193. The van der Waals surface area contributed by atoms with E-state index in [-0.39, 0.29) is 17.1 Å². The van der Waals surface area contributed by atoms with Gasteiger partial charge in [0.1, 0.15) is 0 Å². The first-order valence-electron chi connectivity index (χ1n) is 3.14. The molecule has 0 aliphatic heterocycles. The SMILES string of the molecule is CNC(=O)CSP(=S)(OC)OC.O. The Kier molecular flexibility index (Phi) is 9.39. The largest absolute Gasteiger partial charge is 0.412 e. The van der Waals surface area contributed by atoms with Crippen molar-refractivity contribution in [2.75, 3.05) is 27.0 Å². The van der Waals surface area contributed by atoms with E-state index < -0.39 is 5.69 Å². The van der Waals surface area contributed by atoms with Crippen molar-refractivity contribution in [3.8, 4) is 0 Å². The molecular formula is C5H14NO4PS2. The molecular weight excluding hydrogens is 233 g/mol. The van der Waals surface area contributed by atoms with Gasteiger partial charge in [-0.25, -0.2) is 0 Å². The van der Waals surface area contributed by atoms with Crippen molar-refractivity contribution >= 4 is 34.8 Å². The highest BCUT2D eigenvalue weighted by Crippen LogP contribution is 2.59. The number of nitrogens with one attached hydrogen (secondary N) is 1. The molecule has 0 radical (unpaired) electrons. The van der Waals surface area contributed by atoms with E-state index in [1.54, 1.807) is 7.05 Å². The lowest BCUT2D eigenvalue weighted by atomic mass is 10.7. The summed E-state index contributed by atoms with van der Waals surface area (Å²) in [5.41, 5.74) is -2.26. The monoisotopic (exact) mass is 247 g/mol. The third-order valence-electron chi connectivity index (χ3n) is 1.08.